The molecule has 3 rings (SSSR count). The average Bonchev–Trinajstić information content (AvgIpc) is 3.05. The quantitative estimate of drug-likeness (QED) is 0.836. The molecule has 2 N–H and O–H groups in total. The molecule has 0 radical (unpaired) electrons. The zero-order valence-electron chi connectivity index (χ0n) is 14.3. The number of aromatic carboxylic acids is 1. The maximum atomic E-state index is 12.3. The molecule has 1 heterocycles. The number of carbonyl (C=O) groups excluding carboxylic acids is 2. The molecular formula is C20H20N2O4. The Balaban J connectivity index is 1.57. The fourth-order valence-electron chi connectivity index (χ4n) is 2.95. The van der Waals surface area contributed by atoms with Gasteiger partial charge in [0.1, 0.15) is 0 Å². The van der Waals surface area contributed by atoms with Gasteiger partial charge in [-0.25, -0.2) is 4.79 Å². The van der Waals surface area contributed by atoms with Crippen molar-refractivity contribution >= 4 is 17.8 Å². The molecule has 0 atom stereocenters. The van der Waals surface area contributed by atoms with E-state index in [4.69, 9.17) is 5.11 Å². The molecule has 6 heteroatoms. The molecule has 0 aliphatic carbocycles. The van der Waals surface area contributed by atoms with Gasteiger partial charge < -0.3 is 15.3 Å². The lowest BCUT2D eigenvalue weighted by atomic mass is 10.1. The molecule has 0 saturated carbocycles. The molecule has 0 aromatic heterocycles. The van der Waals surface area contributed by atoms with Crippen molar-refractivity contribution < 1.29 is 19.5 Å². The Hall–Kier alpha value is -3.15. The standard InChI is InChI=1S/C20H20N2O4/c23-18-5-2-10-22(18)13-14-6-8-16(9-7-14)19(24)21-12-15-3-1-4-17(11-15)20(25)26/h1,3-4,6-9,11H,2,5,10,12-13H2,(H,21,24)(H,25,26). The van der Waals surface area contributed by atoms with E-state index in [1.807, 2.05) is 17.0 Å². The van der Waals surface area contributed by atoms with Crippen LogP contribution in [-0.2, 0) is 17.9 Å². The molecule has 0 bridgehead atoms. The minimum Gasteiger partial charge on any atom is -0.478 e. The van der Waals surface area contributed by atoms with Gasteiger partial charge in [-0.3, -0.25) is 9.59 Å². The van der Waals surface area contributed by atoms with Crippen molar-refractivity contribution in [2.45, 2.75) is 25.9 Å². The second-order valence-electron chi connectivity index (χ2n) is 6.30. The second-order valence-corrected chi connectivity index (χ2v) is 6.30. The highest BCUT2D eigenvalue weighted by atomic mass is 16.4. The first-order chi connectivity index (χ1) is 12.5. The largest absolute Gasteiger partial charge is 0.478 e. The van der Waals surface area contributed by atoms with Gasteiger partial charge in [0, 0.05) is 31.6 Å². The van der Waals surface area contributed by atoms with Crippen LogP contribution in [0.15, 0.2) is 48.5 Å². The van der Waals surface area contributed by atoms with Gasteiger partial charge in [-0.1, -0.05) is 24.3 Å². The molecule has 1 aliphatic rings. The average molecular weight is 352 g/mol. The molecule has 6 nitrogen and oxygen atoms in total. The van der Waals surface area contributed by atoms with Crippen LogP contribution in [0.2, 0.25) is 0 Å². The fraction of sp³-hybridized carbons (Fsp3) is 0.250. The van der Waals surface area contributed by atoms with Crippen molar-refractivity contribution in [3.8, 4) is 0 Å². The number of carboxylic acid groups (broad SMARTS) is 1. The Bertz CT molecular complexity index is 830. The lowest BCUT2D eigenvalue weighted by Gasteiger charge is -2.15. The molecule has 0 unspecified atom stereocenters. The van der Waals surface area contributed by atoms with Crippen LogP contribution in [0, 0.1) is 0 Å². The highest BCUT2D eigenvalue weighted by molar-refractivity contribution is 5.94. The maximum Gasteiger partial charge on any atom is 0.335 e. The van der Waals surface area contributed by atoms with Gasteiger partial charge in [0.05, 0.1) is 5.56 Å². The first-order valence-corrected chi connectivity index (χ1v) is 8.50. The van der Waals surface area contributed by atoms with Crippen molar-refractivity contribution in [2.24, 2.45) is 0 Å². The first kappa shape index (κ1) is 17.7. The fourth-order valence-corrected chi connectivity index (χ4v) is 2.95. The SMILES string of the molecule is O=C(O)c1cccc(CNC(=O)c2ccc(CN3CCCC3=O)cc2)c1. The summed E-state index contributed by atoms with van der Waals surface area (Å²) in [7, 11) is 0. The van der Waals surface area contributed by atoms with Gasteiger partial charge in [-0.2, -0.15) is 0 Å². The monoisotopic (exact) mass is 352 g/mol. The Kier molecular flexibility index (Phi) is 5.31. The molecule has 0 spiro atoms. The van der Waals surface area contributed by atoms with E-state index in [1.165, 1.54) is 6.07 Å². The summed E-state index contributed by atoms with van der Waals surface area (Å²) in [5.41, 5.74) is 2.43. The lowest BCUT2D eigenvalue weighted by molar-refractivity contribution is -0.128. The molecule has 1 saturated heterocycles. The van der Waals surface area contributed by atoms with E-state index in [2.05, 4.69) is 5.32 Å². The highest BCUT2D eigenvalue weighted by Gasteiger charge is 2.20. The van der Waals surface area contributed by atoms with Crippen molar-refractivity contribution in [1.82, 2.24) is 10.2 Å². The number of hydrogen-bond acceptors (Lipinski definition) is 3. The summed E-state index contributed by atoms with van der Waals surface area (Å²) in [6.45, 7) is 1.61. The van der Waals surface area contributed by atoms with Crippen molar-refractivity contribution in [3.63, 3.8) is 0 Å². The van der Waals surface area contributed by atoms with Crippen molar-refractivity contribution in [2.75, 3.05) is 6.54 Å². The lowest BCUT2D eigenvalue weighted by Crippen LogP contribution is -2.24. The van der Waals surface area contributed by atoms with Crippen LogP contribution in [0.3, 0.4) is 0 Å². The van der Waals surface area contributed by atoms with E-state index < -0.39 is 5.97 Å². The number of carbonyl (C=O) groups is 3. The predicted molar refractivity (Wildman–Crippen MR) is 95.7 cm³/mol. The first-order valence-electron chi connectivity index (χ1n) is 8.50. The summed E-state index contributed by atoms with van der Waals surface area (Å²) < 4.78 is 0. The molecule has 1 aliphatic heterocycles. The van der Waals surface area contributed by atoms with Gasteiger partial charge in [-0.05, 0) is 41.8 Å². The van der Waals surface area contributed by atoms with E-state index >= 15 is 0 Å². The minimum atomic E-state index is -0.995. The number of carboxylic acids is 1. The zero-order valence-corrected chi connectivity index (χ0v) is 14.3. The van der Waals surface area contributed by atoms with Gasteiger partial charge in [-0.15, -0.1) is 0 Å². The van der Waals surface area contributed by atoms with Crippen LogP contribution in [0.25, 0.3) is 0 Å². The number of rotatable bonds is 6. The smallest absolute Gasteiger partial charge is 0.335 e. The van der Waals surface area contributed by atoms with E-state index in [1.54, 1.807) is 30.3 Å². The predicted octanol–water partition coefficient (Wildman–Crippen LogP) is 2.44. The minimum absolute atomic E-state index is 0.176. The van der Waals surface area contributed by atoms with Crippen molar-refractivity contribution in [3.05, 3.63) is 70.8 Å². The molecule has 2 aromatic carbocycles. The second kappa shape index (κ2) is 7.82. The van der Waals surface area contributed by atoms with Gasteiger partial charge in [0.25, 0.3) is 5.91 Å². The molecular weight excluding hydrogens is 332 g/mol. The Labute approximate surface area is 151 Å². The van der Waals surface area contributed by atoms with Gasteiger partial charge in [0.15, 0.2) is 0 Å². The highest BCUT2D eigenvalue weighted by Crippen LogP contribution is 2.15. The maximum absolute atomic E-state index is 12.3. The summed E-state index contributed by atoms with van der Waals surface area (Å²) in [4.78, 5) is 36.7. The van der Waals surface area contributed by atoms with Crippen LogP contribution in [0.4, 0.5) is 0 Å². The Morgan fingerprint density at radius 3 is 2.46 bits per heavy atom. The third-order valence-electron chi connectivity index (χ3n) is 4.39. The third-order valence-corrected chi connectivity index (χ3v) is 4.39. The van der Waals surface area contributed by atoms with Crippen molar-refractivity contribution in [1.29, 1.82) is 0 Å². The van der Waals surface area contributed by atoms with E-state index in [-0.39, 0.29) is 23.9 Å². The van der Waals surface area contributed by atoms with Crippen LogP contribution < -0.4 is 5.32 Å². The number of benzene rings is 2. The topological polar surface area (TPSA) is 86.7 Å². The van der Waals surface area contributed by atoms with E-state index in [9.17, 15) is 14.4 Å². The molecule has 134 valence electrons. The van der Waals surface area contributed by atoms with E-state index in [0.717, 1.165) is 24.1 Å². The summed E-state index contributed by atoms with van der Waals surface area (Å²) >= 11 is 0. The summed E-state index contributed by atoms with van der Waals surface area (Å²) in [5, 5.41) is 11.8. The third kappa shape index (κ3) is 4.27. The Morgan fingerprint density at radius 2 is 1.81 bits per heavy atom. The number of likely N-dealkylation sites (tertiary alicyclic amines) is 1. The summed E-state index contributed by atoms with van der Waals surface area (Å²) in [6, 6.07) is 13.6. The normalized spacial score (nSPS) is 13.7. The summed E-state index contributed by atoms with van der Waals surface area (Å²) in [6.07, 6.45) is 1.52. The van der Waals surface area contributed by atoms with Crippen LogP contribution in [-0.4, -0.2) is 34.3 Å². The number of nitrogens with one attached hydrogen (secondary N) is 1. The molecule has 2 aromatic rings. The van der Waals surface area contributed by atoms with E-state index in [0.29, 0.717) is 18.5 Å². The number of nitrogens with zero attached hydrogens (tertiary/aromatic N) is 1. The van der Waals surface area contributed by atoms with Gasteiger partial charge >= 0.3 is 5.97 Å². The van der Waals surface area contributed by atoms with Crippen LogP contribution in [0.1, 0.15) is 44.7 Å². The molecule has 26 heavy (non-hydrogen) atoms. The summed E-state index contributed by atoms with van der Waals surface area (Å²) in [5.74, 6) is -1.05. The number of amides is 2. The Morgan fingerprint density at radius 1 is 1.04 bits per heavy atom. The van der Waals surface area contributed by atoms with Crippen LogP contribution in [0.5, 0.6) is 0 Å². The molecule has 2 amide bonds. The zero-order chi connectivity index (χ0) is 18.5. The number of hydrogen-bond donors (Lipinski definition) is 2. The van der Waals surface area contributed by atoms with Crippen LogP contribution >= 0.6 is 0 Å². The van der Waals surface area contributed by atoms with Gasteiger partial charge in [0.2, 0.25) is 5.91 Å². The molecule has 1 fully saturated rings.